The summed E-state index contributed by atoms with van der Waals surface area (Å²) >= 11 is 0. The van der Waals surface area contributed by atoms with E-state index in [1.54, 1.807) is 0 Å². The van der Waals surface area contributed by atoms with Crippen molar-refractivity contribution in [1.29, 1.82) is 0 Å². The van der Waals surface area contributed by atoms with Crippen LogP contribution in [0.5, 0.6) is 0 Å². The monoisotopic (exact) mass is 348 g/mol. The molecule has 0 radical (unpaired) electrons. The number of carboxylic acids is 3. The van der Waals surface area contributed by atoms with Crippen molar-refractivity contribution < 1.29 is 117 Å². The van der Waals surface area contributed by atoms with Gasteiger partial charge < -0.3 is 39.0 Å². The van der Waals surface area contributed by atoms with E-state index in [-0.39, 0.29) is 72.9 Å². The molecule has 11 nitrogen and oxygen atoms in total. The SMILES string of the molecule is CC(O)C(=O)OC(CC(=O)O)(CC(=O)O)C(=O)O.O.O.[H-].[H-].[Na+].[Na+]. The maximum atomic E-state index is 11.1. The number of carbonyl (C=O) groups excluding carboxylic acids is 1. The minimum Gasteiger partial charge on any atom is -1.00 e. The van der Waals surface area contributed by atoms with Gasteiger partial charge in [0.1, 0.15) is 6.10 Å². The van der Waals surface area contributed by atoms with Crippen molar-refractivity contribution in [3.63, 3.8) is 0 Å². The summed E-state index contributed by atoms with van der Waals surface area (Å²) in [4.78, 5) is 43.2. The first-order valence-corrected chi connectivity index (χ1v) is 4.68. The average Bonchev–Trinajstić information content (AvgIpc) is 2.14. The molecule has 0 amide bonds. The Hall–Kier alpha value is -0.240. The van der Waals surface area contributed by atoms with Crippen LogP contribution in [-0.2, 0) is 23.9 Å². The summed E-state index contributed by atoms with van der Waals surface area (Å²) in [5, 5.41) is 34.8. The van der Waals surface area contributed by atoms with Crippen molar-refractivity contribution >= 4 is 23.9 Å². The van der Waals surface area contributed by atoms with Gasteiger partial charge in [-0.3, -0.25) is 9.59 Å². The zero-order chi connectivity index (χ0) is 14.5. The number of rotatable bonds is 7. The van der Waals surface area contributed by atoms with E-state index < -0.39 is 48.4 Å². The number of hydrogen-bond donors (Lipinski definition) is 4. The van der Waals surface area contributed by atoms with E-state index in [1.807, 2.05) is 0 Å². The fraction of sp³-hybridized carbons (Fsp3) is 0.556. The molecule has 22 heavy (non-hydrogen) atoms. The molecule has 13 heteroatoms. The third-order valence-electron chi connectivity index (χ3n) is 1.90. The molecule has 0 saturated heterocycles. The van der Waals surface area contributed by atoms with E-state index in [4.69, 9.17) is 20.4 Å². The third-order valence-corrected chi connectivity index (χ3v) is 1.90. The minimum absolute atomic E-state index is 0. The van der Waals surface area contributed by atoms with Crippen LogP contribution in [0.2, 0.25) is 0 Å². The Bertz CT molecular complexity index is 376. The van der Waals surface area contributed by atoms with Crippen LogP contribution < -0.4 is 59.1 Å². The van der Waals surface area contributed by atoms with Crippen LogP contribution in [0, 0.1) is 0 Å². The summed E-state index contributed by atoms with van der Waals surface area (Å²) in [5.41, 5.74) is -2.74. The van der Waals surface area contributed by atoms with Gasteiger partial charge in [-0.05, 0) is 6.92 Å². The first-order valence-electron chi connectivity index (χ1n) is 4.68. The molecule has 122 valence electrons. The summed E-state index contributed by atoms with van der Waals surface area (Å²) in [5.74, 6) is -6.64. The van der Waals surface area contributed by atoms with Gasteiger partial charge in [-0.15, -0.1) is 0 Å². The van der Waals surface area contributed by atoms with Gasteiger partial charge in [0.05, 0.1) is 12.8 Å². The second-order valence-electron chi connectivity index (χ2n) is 3.54. The van der Waals surface area contributed by atoms with Crippen LogP contribution in [0.4, 0.5) is 0 Å². The van der Waals surface area contributed by atoms with Gasteiger partial charge in [0.2, 0.25) is 5.60 Å². The molecule has 0 aromatic rings. The molecule has 0 fully saturated rings. The summed E-state index contributed by atoms with van der Waals surface area (Å²) in [7, 11) is 0. The third kappa shape index (κ3) is 11.3. The summed E-state index contributed by atoms with van der Waals surface area (Å²) < 4.78 is 4.33. The normalized spacial score (nSPS) is 10.3. The van der Waals surface area contributed by atoms with Crippen molar-refractivity contribution in [2.45, 2.75) is 31.5 Å². The molecule has 0 aromatic carbocycles. The Balaban J connectivity index is -0.0000000963. The maximum absolute atomic E-state index is 11.1. The molecule has 0 spiro atoms. The topological polar surface area (TPSA) is 221 Å². The average molecular weight is 348 g/mol. The quantitative estimate of drug-likeness (QED) is 0.253. The molecule has 0 aliphatic rings. The van der Waals surface area contributed by atoms with E-state index in [1.165, 1.54) is 0 Å². The Morgan fingerprint density at radius 3 is 1.50 bits per heavy atom. The van der Waals surface area contributed by atoms with Crippen LogP contribution >= 0.6 is 0 Å². The first-order chi connectivity index (χ1) is 8.10. The van der Waals surface area contributed by atoms with Gasteiger partial charge >= 0.3 is 83.0 Å². The zero-order valence-corrected chi connectivity index (χ0v) is 16.3. The summed E-state index contributed by atoms with van der Waals surface area (Å²) in [6.45, 7) is 0.969. The van der Waals surface area contributed by atoms with E-state index in [0.717, 1.165) is 6.92 Å². The fourth-order valence-electron chi connectivity index (χ4n) is 1.10. The van der Waals surface area contributed by atoms with Gasteiger partial charge in [-0.2, -0.15) is 0 Å². The van der Waals surface area contributed by atoms with Gasteiger partial charge in [0, 0.05) is 0 Å². The van der Waals surface area contributed by atoms with Crippen LogP contribution in [0.3, 0.4) is 0 Å². The molecule has 1 atom stereocenters. The number of ether oxygens (including phenoxy) is 1. The molecule has 0 heterocycles. The molecule has 0 rings (SSSR count). The van der Waals surface area contributed by atoms with E-state index in [0.29, 0.717) is 0 Å². The Labute approximate surface area is 171 Å². The maximum Gasteiger partial charge on any atom is 1.00 e. The second kappa shape index (κ2) is 14.4. The molecule has 8 N–H and O–H groups in total. The van der Waals surface area contributed by atoms with Crippen molar-refractivity contribution in [2.24, 2.45) is 0 Å². The van der Waals surface area contributed by atoms with Crippen molar-refractivity contribution in [1.82, 2.24) is 0 Å². The molecule has 0 aromatic heterocycles. The number of aliphatic hydroxyl groups is 1. The molecular weight excluding hydrogens is 330 g/mol. The summed E-state index contributed by atoms with van der Waals surface area (Å²) in [6, 6.07) is 0. The fourth-order valence-corrected chi connectivity index (χ4v) is 1.10. The van der Waals surface area contributed by atoms with Crippen LogP contribution in [0.1, 0.15) is 22.6 Å². The molecule has 0 aliphatic heterocycles. The standard InChI is InChI=1S/C9H12O9.2Na.2H2O.2H/c1-4(10)7(15)18-9(8(16)17,2-5(11)12)3-6(13)14;;;;;;/h4,10H,2-3H2,1H3,(H,11,12)(H,13,14)(H,16,17);;;2*1H2;;/q;2*+1;;;2*-1. The molecular formula is C9H18Na2O11. The van der Waals surface area contributed by atoms with Crippen molar-refractivity contribution in [3.05, 3.63) is 0 Å². The van der Waals surface area contributed by atoms with E-state index >= 15 is 0 Å². The van der Waals surface area contributed by atoms with Gasteiger partial charge in [-0.1, -0.05) is 0 Å². The minimum atomic E-state index is -2.74. The number of hydrogen-bond acceptors (Lipinski definition) is 6. The number of aliphatic carboxylic acids is 3. The number of carbonyl (C=O) groups is 4. The number of aliphatic hydroxyl groups excluding tert-OH is 1. The zero-order valence-electron chi connectivity index (χ0n) is 14.3. The van der Waals surface area contributed by atoms with Gasteiger partial charge in [-0.25, -0.2) is 9.59 Å². The smallest absolute Gasteiger partial charge is 1.00 e. The number of carboxylic acid groups (broad SMARTS) is 3. The predicted octanol–water partition coefficient (Wildman–Crippen LogP) is -8.73. The van der Waals surface area contributed by atoms with E-state index in [2.05, 4.69) is 4.74 Å². The molecule has 0 saturated carbocycles. The first kappa shape index (κ1) is 33.4. The molecule has 0 aliphatic carbocycles. The largest absolute Gasteiger partial charge is 1.00 e. The Kier molecular flexibility index (Phi) is 21.8. The summed E-state index contributed by atoms with van der Waals surface area (Å²) in [6.07, 6.45) is -4.16. The van der Waals surface area contributed by atoms with E-state index in [9.17, 15) is 19.2 Å². The van der Waals surface area contributed by atoms with Crippen LogP contribution in [-0.4, -0.2) is 67.0 Å². The Morgan fingerprint density at radius 2 is 1.32 bits per heavy atom. The van der Waals surface area contributed by atoms with Gasteiger partial charge in [0.15, 0.2) is 0 Å². The second-order valence-corrected chi connectivity index (χ2v) is 3.54. The van der Waals surface area contributed by atoms with Crippen LogP contribution in [0.25, 0.3) is 0 Å². The predicted molar refractivity (Wildman–Crippen MR) is 62.1 cm³/mol. The Morgan fingerprint density at radius 1 is 1.00 bits per heavy atom. The van der Waals surface area contributed by atoms with Crippen molar-refractivity contribution in [3.8, 4) is 0 Å². The molecule has 0 bridgehead atoms. The van der Waals surface area contributed by atoms with Crippen molar-refractivity contribution in [2.75, 3.05) is 0 Å². The van der Waals surface area contributed by atoms with Gasteiger partial charge in [0.25, 0.3) is 0 Å². The molecule has 1 unspecified atom stereocenters. The van der Waals surface area contributed by atoms with Crippen LogP contribution in [0.15, 0.2) is 0 Å². The number of esters is 1.